The highest BCUT2D eigenvalue weighted by Crippen LogP contribution is 2.29. The predicted molar refractivity (Wildman–Crippen MR) is 88.4 cm³/mol. The molecule has 0 heterocycles. The molecule has 7 heteroatoms. The van der Waals surface area contributed by atoms with E-state index >= 15 is 0 Å². The average molecular weight is 397 g/mol. The minimum absolute atomic E-state index is 0.0831. The molecule has 0 aliphatic carbocycles. The molecule has 1 rings (SSSR count). The molecule has 0 radical (unpaired) electrons. The Hall–Kier alpha value is -0.590. The zero-order valence-electron chi connectivity index (χ0n) is 12.1. The second kappa shape index (κ2) is 8.15. The second-order valence-corrected chi connectivity index (χ2v) is 8.19. The van der Waals surface area contributed by atoms with Gasteiger partial charge in [-0.3, -0.25) is 4.79 Å². The molecule has 0 unspecified atom stereocenters. The van der Waals surface area contributed by atoms with E-state index in [0.717, 1.165) is 25.7 Å². The summed E-state index contributed by atoms with van der Waals surface area (Å²) >= 11 is 3.19. The van der Waals surface area contributed by atoms with E-state index in [1.807, 2.05) is 0 Å². The Kier molecular flexibility index (Phi) is 7.16. The van der Waals surface area contributed by atoms with Gasteiger partial charge in [0.1, 0.15) is 0 Å². The molecule has 1 aromatic rings. The number of nitrogens with one attached hydrogen (secondary N) is 1. The zero-order chi connectivity index (χ0) is 16.0. The Balaban J connectivity index is 2.84. The van der Waals surface area contributed by atoms with Crippen LogP contribution in [-0.4, -0.2) is 20.9 Å². The van der Waals surface area contributed by atoms with E-state index in [1.165, 1.54) is 6.07 Å². The monoisotopic (exact) mass is 395 g/mol. The van der Waals surface area contributed by atoms with Crippen molar-refractivity contribution in [3.05, 3.63) is 27.7 Å². The molecule has 0 aliphatic heterocycles. The summed E-state index contributed by atoms with van der Waals surface area (Å²) in [5.41, 5.74) is 0.943. The van der Waals surface area contributed by atoms with Crippen LogP contribution in [0.1, 0.15) is 48.5 Å². The number of hydrogen-bond donors (Lipinski definition) is 1. The molecule has 0 spiro atoms. The minimum atomic E-state index is -3.90. The summed E-state index contributed by atoms with van der Waals surface area (Å²) in [6.07, 6.45) is 4.26. The topological polar surface area (TPSA) is 63.2 Å². The molecule has 0 aliphatic rings. The first kappa shape index (κ1) is 18.5. The molecule has 0 saturated heterocycles. The van der Waals surface area contributed by atoms with Crippen LogP contribution < -0.4 is 5.32 Å². The van der Waals surface area contributed by atoms with Gasteiger partial charge in [0.25, 0.3) is 15.0 Å². The van der Waals surface area contributed by atoms with Gasteiger partial charge in [-0.25, -0.2) is 8.42 Å². The molecular formula is C14H19BrClNO3S. The van der Waals surface area contributed by atoms with Crippen molar-refractivity contribution in [3.63, 3.8) is 0 Å². The van der Waals surface area contributed by atoms with Crippen LogP contribution in [-0.2, 0) is 9.05 Å². The SMILES string of the molecule is CCCCCCNC(=O)c1cc(C)c(Br)c(S(=O)(=O)Cl)c1. The van der Waals surface area contributed by atoms with Gasteiger partial charge in [0.2, 0.25) is 0 Å². The highest BCUT2D eigenvalue weighted by Gasteiger charge is 2.19. The van der Waals surface area contributed by atoms with Gasteiger partial charge in [-0.15, -0.1) is 0 Å². The molecule has 21 heavy (non-hydrogen) atoms. The van der Waals surface area contributed by atoms with Gasteiger partial charge in [0, 0.05) is 27.3 Å². The summed E-state index contributed by atoms with van der Waals surface area (Å²) in [4.78, 5) is 12.0. The van der Waals surface area contributed by atoms with Gasteiger partial charge in [-0.05, 0) is 47.0 Å². The number of unbranched alkanes of at least 4 members (excludes halogenated alkanes) is 3. The van der Waals surface area contributed by atoms with Gasteiger partial charge in [0.05, 0.1) is 4.90 Å². The molecule has 4 nitrogen and oxygen atoms in total. The van der Waals surface area contributed by atoms with Gasteiger partial charge in [-0.1, -0.05) is 26.2 Å². The third-order valence-corrected chi connectivity index (χ3v) is 5.72. The number of amides is 1. The lowest BCUT2D eigenvalue weighted by molar-refractivity contribution is 0.0952. The molecule has 0 aromatic heterocycles. The molecule has 1 N–H and O–H groups in total. The van der Waals surface area contributed by atoms with Crippen molar-refractivity contribution in [2.75, 3.05) is 6.54 Å². The van der Waals surface area contributed by atoms with Crippen LogP contribution in [0.3, 0.4) is 0 Å². The van der Waals surface area contributed by atoms with E-state index in [-0.39, 0.29) is 10.8 Å². The average Bonchev–Trinajstić information content (AvgIpc) is 2.39. The van der Waals surface area contributed by atoms with Crippen molar-refractivity contribution in [3.8, 4) is 0 Å². The van der Waals surface area contributed by atoms with Crippen LogP contribution in [0.25, 0.3) is 0 Å². The highest BCUT2D eigenvalue weighted by molar-refractivity contribution is 9.10. The number of aryl methyl sites for hydroxylation is 1. The van der Waals surface area contributed by atoms with E-state index in [1.54, 1.807) is 13.0 Å². The summed E-state index contributed by atoms with van der Waals surface area (Å²) in [6.45, 7) is 4.42. The third-order valence-electron chi connectivity index (χ3n) is 3.06. The first-order valence-corrected chi connectivity index (χ1v) is 9.90. The molecule has 0 saturated carbocycles. The Morgan fingerprint density at radius 3 is 2.52 bits per heavy atom. The van der Waals surface area contributed by atoms with Crippen LogP contribution in [0.4, 0.5) is 0 Å². The number of carbonyl (C=O) groups excluding carboxylic acids is 1. The largest absolute Gasteiger partial charge is 0.352 e. The summed E-state index contributed by atoms with van der Waals surface area (Å²) in [6, 6.07) is 2.93. The fourth-order valence-corrected chi connectivity index (χ4v) is 4.06. The van der Waals surface area contributed by atoms with E-state index < -0.39 is 9.05 Å². The zero-order valence-corrected chi connectivity index (χ0v) is 15.2. The Labute approximate surface area is 138 Å². The maximum Gasteiger partial charge on any atom is 0.262 e. The third kappa shape index (κ3) is 5.60. The molecule has 1 aromatic carbocycles. The van der Waals surface area contributed by atoms with Crippen LogP contribution in [0.5, 0.6) is 0 Å². The number of benzene rings is 1. The Morgan fingerprint density at radius 2 is 1.95 bits per heavy atom. The molecule has 0 fully saturated rings. The minimum Gasteiger partial charge on any atom is -0.352 e. The van der Waals surface area contributed by atoms with E-state index in [4.69, 9.17) is 10.7 Å². The molecule has 0 bridgehead atoms. The molecular weight excluding hydrogens is 378 g/mol. The Morgan fingerprint density at radius 1 is 1.29 bits per heavy atom. The second-order valence-electron chi connectivity index (χ2n) is 4.86. The standard InChI is InChI=1S/C14H19BrClNO3S/c1-3-4-5-6-7-17-14(18)11-8-10(2)13(15)12(9-11)21(16,19)20/h8-9H,3-7H2,1-2H3,(H,17,18). The van der Waals surface area contributed by atoms with Gasteiger partial charge in [0.15, 0.2) is 0 Å². The lowest BCUT2D eigenvalue weighted by atomic mass is 10.1. The number of carbonyl (C=O) groups is 1. The summed E-state index contributed by atoms with van der Waals surface area (Å²) in [5.74, 6) is -0.288. The summed E-state index contributed by atoms with van der Waals surface area (Å²) < 4.78 is 23.4. The molecule has 0 atom stereocenters. The highest BCUT2D eigenvalue weighted by atomic mass is 79.9. The fourth-order valence-electron chi connectivity index (χ4n) is 1.90. The molecule has 118 valence electrons. The van der Waals surface area contributed by atoms with E-state index in [2.05, 4.69) is 28.2 Å². The maximum atomic E-state index is 12.1. The van der Waals surface area contributed by atoms with Crippen molar-refractivity contribution >= 4 is 41.6 Å². The van der Waals surface area contributed by atoms with Crippen molar-refractivity contribution in [2.45, 2.75) is 44.4 Å². The van der Waals surface area contributed by atoms with Crippen molar-refractivity contribution < 1.29 is 13.2 Å². The predicted octanol–water partition coefficient (Wildman–Crippen LogP) is 4.00. The van der Waals surface area contributed by atoms with Crippen molar-refractivity contribution in [2.24, 2.45) is 0 Å². The normalized spacial score (nSPS) is 11.4. The number of rotatable bonds is 7. The van der Waals surface area contributed by atoms with E-state index in [9.17, 15) is 13.2 Å². The van der Waals surface area contributed by atoms with E-state index in [0.29, 0.717) is 22.1 Å². The van der Waals surface area contributed by atoms with Crippen molar-refractivity contribution in [1.29, 1.82) is 0 Å². The summed E-state index contributed by atoms with van der Waals surface area (Å²) in [7, 11) is 1.49. The van der Waals surface area contributed by atoms with Gasteiger partial charge in [-0.2, -0.15) is 0 Å². The fraction of sp³-hybridized carbons (Fsp3) is 0.500. The van der Waals surface area contributed by atoms with Crippen LogP contribution >= 0.6 is 26.6 Å². The number of hydrogen-bond acceptors (Lipinski definition) is 3. The quantitative estimate of drug-likeness (QED) is 0.560. The molecule has 1 amide bonds. The van der Waals surface area contributed by atoms with Gasteiger partial charge >= 0.3 is 0 Å². The van der Waals surface area contributed by atoms with Crippen LogP contribution in [0.15, 0.2) is 21.5 Å². The van der Waals surface area contributed by atoms with Crippen LogP contribution in [0.2, 0.25) is 0 Å². The maximum absolute atomic E-state index is 12.1. The van der Waals surface area contributed by atoms with Crippen LogP contribution in [0, 0.1) is 6.92 Å². The first-order chi connectivity index (χ1) is 9.77. The Bertz CT molecular complexity index is 617. The lowest BCUT2D eigenvalue weighted by Gasteiger charge is -2.09. The van der Waals surface area contributed by atoms with Gasteiger partial charge < -0.3 is 5.32 Å². The smallest absolute Gasteiger partial charge is 0.262 e. The first-order valence-electron chi connectivity index (χ1n) is 6.80. The van der Waals surface area contributed by atoms with Crippen molar-refractivity contribution in [1.82, 2.24) is 5.32 Å². The summed E-state index contributed by atoms with van der Waals surface area (Å²) in [5, 5.41) is 2.79. The number of halogens is 2. The lowest BCUT2D eigenvalue weighted by Crippen LogP contribution is -2.24.